The number of carbonyl (C=O) groups excluding carboxylic acids is 2. The van der Waals surface area contributed by atoms with Crippen LogP contribution in [0, 0.1) is 6.92 Å². The van der Waals surface area contributed by atoms with E-state index in [1.165, 1.54) is 37.3 Å². The minimum Gasteiger partial charge on any atom is -0.507 e. The first-order valence-electron chi connectivity index (χ1n) is 9.54. The summed E-state index contributed by atoms with van der Waals surface area (Å²) in [6, 6.07) is 7.02. The molecule has 3 aromatic rings. The Balaban J connectivity index is 2.09. The van der Waals surface area contributed by atoms with Gasteiger partial charge in [-0.25, -0.2) is 0 Å². The van der Waals surface area contributed by atoms with Crippen LogP contribution in [0.5, 0.6) is 5.75 Å². The number of benzene rings is 2. The largest absolute Gasteiger partial charge is 0.507 e. The van der Waals surface area contributed by atoms with Crippen molar-refractivity contribution in [2.75, 3.05) is 0 Å². The zero-order valence-corrected chi connectivity index (χ0v) is 16.8. The van der Waals surface area contributed by atoms with E-state index in [0.717, 1.165) is 0 Å². The lowest BCUT2D eigenvalue weighted by Crippen LogP contribution is -2.25. The molecule has 0 amide bonds. The number of aromatic hydroxyl groups is 1. The molecule has 1 atom stereocenters. The molecule has 1 heterocycles. The van der Waals surface area contributed by atoms with Crippen LogP contribution < -0.4 is 5.43 Å². The van der Waals surface area contributed by atoms with Gasteiger partial charge in [-0.2, -0.15) is 0 Å². The summed E-state index contributed by atoms with van der Waals surface area (Å²) in [5.74, 6) is -1.36. The fraction of sp³-hybridized carbons (Fsp3) is 0.208. The van der Waals surface area contributed by atoms with Gasteiger partial charge >= 0.3 is 0 Å². The van der Waals surface area contributed by atoms with E-state index in [-0.39, 0.29) is 51.2 Å². The van der Waals surface area contributed by atoms with Crippen molar-refractivity contribution in [3.63, 3.8) is 0 Å². The van der Waals surface area contributed by atoms with Crippen molar-refractivity contribution in [2.45, 2.75) is 32.8 Å². The van der Waals surface area contributed by atoms with Crippen molar-refractivity contribution in [3.05, 3.63) is 86.3 Å². The van der Waals surface area contributed by atoms with Crippen LogP contribution in [0.3, 0.4) is 0 Å². The lowest BCUT2D eigenvalue weighted by molar-refractivity contribution is 0.0374. The molecule has 0 bridgehead atoms. The Labute approximate surface area is 172 Å². The summed E-state index contributed by atoms with van der Waals surface area (Å²) in [5.41, 5.74) is -1.46. The van der Waals surface area contributed by atoms with Gasteiger partial charge in [-0.1, -0.05) is 24.3 Å². The summed E-state index contributed by atoms with van der Waals surface area (Å²) < 4.78 is 5.92. The van der Waals surface area contributed by atoms with E-state index < -0.39 is 22.6 Å². The molecule has 6 heteroatoms. The first-order valence-corrected chi connectivity index (χ1v) is 9.54. The second-order valence-electron chi connectivity index (χ2n) is 7.70. The van der Waals surface area contributed by atoms with Crippen LogP contribution in [0.4, 0.5) is 0 Å². The molecule has 6 nitrogen and oxygen atoms in total. The monoisotopic (exact) mass is 404 g/mol. The molecule has 0 radical (unpaired) electrons. The van der Waals surface area contributed by atoms with E-state index in [1.807, 2.05) is 0 Å². The highest BCUT2D eigenvalue weighted by atomic mass is 16.4. The highest BCUT2D eigenvalue weighted by Crippen LogP contribution is 2.38. The van der Waals surface area contributed by atoms with Crippen LogP contribution in [-0.4, -0.2) is 21.8 Å². The first-order chi connectivity index (χ1) is 14.2. The van der Waals surface area contributed by atoms with Gasteiger partial charge in [0, 0.05) is 23.6 Å². The van der Waals surface area contributed by atoms with E-state index in [0.29, 0.717) is 5.56 Å². The van der Waals surface area contributed by atoms with Gasteiger partial charge in [0.25, 0.3) is 0 Å². The zero-order valence-electron chi connectivity index (χ0n) is 16.8. The normalized spacial score (nSPS) is 15.3. The summed E-state index contributed by atoms with van der Waals surface area (Å²) in [4.78, 5) is 39.3. The molecule has 0 aliphatic heterocycles. The SMILES string of the molecule is C/C=C\C[C@](C)(O)c1cc(=O)c2c(C)cc3c(c2o1)C(=O)c1c(O)cccc1C3=O. The van der Waals surface area contributed by atoms with Gasteiger partial charge in [-0.3, -0.25) is 14.4 Å². The molecule has 0 fully saturated rings. The molecular formula is C24H20O6. The predicted octanol–water partition coefficient (Wildman–Crippen LogP) is 3.76. The van der Waals surface area contributed by atoms with Crippen molar-refractivity contribution >= 4 is 22.5 Å². The van der Waals surface area contributed by atoms with Crippen molar-refractivity contribution in [1.29, 1.82) is 0 Å². The fourth-order valence-electron chi connectivity index (χ4n) is 3.88. The second-order valence-corrected chi connectivity index (χ2v) is 7.70. The summed E-state index contributed by atoms with van der Waals surface area (Å²) in [6.45, 7) is 4.97. The Kier molecular flexibility index (Phi) is 4.47. The number of carbonyl (C=O) groups is 2. The number of aliphatic hydroxyl groups is 1. The topological polar surface area (TPSA) is 105 Å². The molecule has 1 aliphatic rings. The lowest BCUT2D eigenvalue weighted by atomic mass is 9.81. The molecular weight excluding hydrogens is 384 g/mol. The molecule has 0 saturated carbocycles. The van der Waals surface area contributed by atoms with E-state index in [2.05, 4.69) is 0 Å². The molecule has 30 heavy (non-hydrogen) atoms. The van der Waals surface area contributed by atoms with Crippen LogP contribution in [0.15, 0.2) is 51.7 Å². The van der Waals surface area contributed by atoms with Crippen LogP contribution in [-0.2, 0) is 5.60 Å². The summed E-state index contributed by atoms with van der Waals surface area (Å²) in [7, 11) is 0. The number of fused-ring (bicyclic) bond motifs is 4. The minimum absolute atomic E-state index is 0.00534. The van der Waals surface area contributed by atoms with Crippen LogP contribution in [0.1, 0.15) is 63.4 Å². The van der Waals surface area contributed by atoms with E-state index in [4.69, 9.17) is 4.42 Å². The maximum absolute atomic E-state index is 13.3. The number of phenols is 1. The standard InChI is InChI=1S/C24H20O6/c1-4-5-9-24(3,29)17-11-16(26)18-12(2)10-14-20(23(18)30-17)22(28)19-13(21(14)27)7-6-8-15(19)25/h4-8,10-11,25,29H,9H2,1-3H3/b5-4-/t24-/m0/s1. The molecule has 2 aromatic carbocycles. The Hall–Kier alpha value is -3.51. The molecule has 0 unspecified atom stereocenters. The van der Waals surface area contributed by atoms with Gasteiger partial charge in [0.1, 0.15) is 22.7 Å². The van der Waals surface area contributed by atoms with Crippen LogP contribution >= 0.6 is 0 Å². The van der Waals surface area contributed by atoms with Gasteiger partial charge in [-0.15, -0.1) is 0 Å². The van der Waals surface area contributed by atoms with E-state index >= 15 is 0 Å². The van der Waals surface area contributed by atoms with Gasteiger partial charge in [0.05, 0.1) is 16.5 Å². The third-order valence-corrected chi connectivity index (χ3v) is 5.47. The number of rotatable bonds is 3. The summed E-state index contributed by atoms with van der Waals surface area (Å²) in [5, 5.41) is 21.2. The second kappa shape index (κ2) is 6.78. The zero-order chi connectivity index (χ0) is 21.8. The Morgan fingerprint density at radius 1 is 1.07 bits per heavy atom. The fourth-order valence-corrected chi connectivity index (χ4v) is 3.88. The lowest BCUT2D eigenvalue weighted by Gasteiger charge is -2.23. The maximum Gasteiger partial charge on any atom is 0.202 e. The quantitative estimate of drug-likeness (QED) is 0.504. The number of hydrogen-bond acceptors (Lipinski definition) is 6. The summed E-state index contributed by atoms with van der Waals surface area (Å²) in [6.07, 6.45) is 3.70. The molecule has 2 N–H and O–H groups in total. The molecule has 1 aromatic heterocycles. The van der Waals surface area contributed by atoms with Crippen LogP contribution in [0.2, 0.25) is 0 Å². The van der Waals surface area contributed by atoms with Gasteiger partial charge < -0.3 is 14.6 Å². The number of ketones is 2. The molecule has 0 spiro atoms. The Morgan fingerprint density at radius 2 is 1.80 bits per heavy atom. The highest BCUT2D eigenvalue weighted by molar-refractivity contribution is 6.32. The highest BCUT2D eigenvalue weighted by Gasteiger charge is 2.36. The van der Waals surface area contributed by atoms with Crippen molar-refractivity contribution < 1.29 is 24.2 Å². The third kappa shape index (κ3) is 2.80. The Bertz CT molecular complexity index is 1320. The average molecular weight is 404 g/mol. The molecule has 1 aliphatic carbocycles. The average Bonchev–Trinajstić information content (AvgIpc) is 2.69. The summed E-state index contributed by atoms with van der Waals surface area (Å²) >= 11 is 0. The smallest absolute Gasteiger partial charge is 0.202 e. The molecule has 0 saturated heterocycles. The Morgan fingerprint density at radius 3 is 2.50 bits per heavy atom. The maximum atomic E-state index is 13.3. The first kappa shape index (κ1) is 19.8. The van der Waals surface area contributed by atoms with Crippen molar-refractivity contribution in [2.24, 2.45) is 0 Å². The van der Waals surface area contributed by atoms with Gasteiger partial charge in [-0.05, 0) is 38.5 Å². The van der Waals surface area contributed by atoms with Crippen molar-refractivity contribution in [1.82, 2.24) is 0 Å². The number of aryl methyl sites for hydroxylation is 1. The third-order valence-electron chi connectivity index (χ3n) is 5.47. The molecule has 152 valence electrons. The molecule has 4 rings (SSSR count). The van der Waals surface area contributed by atoms with Crippen molar-refractivity contribution in [3.8, 4) is 5.75 Å². The number of allylic oxidation sites excluding steroid dienone is 1. The van der Waals surface area contributed by atoms with Crippen LogP contribution in [0.25, 0.3) is 11.0 Å². The van der Waals surface area contributed by atoms with Gasteiger partial charge in [0.15, 0.2) is 11.2 Å². The van der Waals surface area contributed by atoms with E-state index in [1.54, 1.807) is 26.0 Å². The number of phenolic OH excluding ortho intramolecular Hbond substituents is 1. The minimum atomic E-state index is -1.49. The number of hydrogen-bond donors (Lipinski definition) is 2. The predicted molar refractivity (Wildman–Crippen MR) is 111 cm³/mol. The van der Waals surface area contributed by atoms with Gasteiger partial charge in [0.2, 0.25) is 5.78 Å². The van der Waals surface area contributed by atoms with E-state index in [9.17, 15) is 24.6 Å².